The molecule has 1 saturated heterocycles. The minimum absolute atomic E-state index is 0.174. The molecule has 0 unspecified atom stereocenters. The molecule has 0 spiro atoms. The molecule has 2 aromatic carbocycles. The Kier molecular flexibility index (Phi) is 4.39. The predicted octanol–water partition coefficient (Wildman–Crippen LogP) is 5.93. The van der Waals surface area contributed by atoms with Crippen molar-refractivity contribution in [2.24, 2.45) is 0 Å². The number of thioether (sulfide) groups is 1. The van der Waals surface area contributed by atoms with Crippen molar-refractivity contribution in [1.29, 1.82) is 0 Å². The predicted molar refractivity (Wildman–Crippen MR) is 102 cm³/mol. The summed E-state index contributed by atoms with van der Waals surface area (Å²) in [6.07, 6.45) is -0.174. The summed E-state index contributed by atoms with van der Waals surface area (Å²) in [6, 6.07) is 12.8. The highest BCUT2D eigenvalue weighted by Crippen LogP contribution is 2.40. The van der Waals surface area contributed by atoms with Gasteiger partial charge in [-0.3, -0.25) is 0 Å². The number of nitrogens with one attached hydrogen (secondary N) is 1. The summed E-state index contributed by atoms with van der Waals surface area (Å²) in [4.78, 5) is 5.78. The monoisotopic (exact) mass is 376 g/mol. The molecule has 3 aromatic rings. The summed E-state index contributed by atoms with van der Waals surface area (Å²) in [6.45, 7) is 1.98. The maximum absolute atomic E-state index is 15.0. The topological polar surface area (TPSA) is 19.0 Å². The molecule has 0 atom stereocenters. The maximum atomic E-state index is 15.0. The van der Waals surface area contributed by atoms with Gasteiger partial charge in [-0.1, -0.05) is 19.1 Å². The molecule has 1 N–H and O–H groups in total. The molecular weight excluding hydrogens is 357 g/mol. The van der Waals surface area contributed by atoms with Crippen LogP contribution < -0.4 is 4.90 Å². The van der Waals surface area contributed by atoms with E-state index in [1.807, 2.05) is 37.3 Å². The quantitative estimate of drug-likeness (QED) is 0.569. The normalized spacial score (nSPS) is 16.5. The molecule has 2 nitrogen and oxygen atoms in total. The first-order chi connectivity index (χ1) is 12.5. The minimum atomic E-state index is -2.70. The van der Waals surface area contributed by atoms with Crippen LogP contribution in [0.2, 0.25) is 0 Å². The Morgan fingerprint density at radius 3 is 2.69 bits per heavy atom. The number of hydrogen-bond donors (Lipinski definition) is 1. The van der Waals surface area contributed by atoms with Gasteiger partial charge in [0.1, 0.15) is 0 Å². The largest absolute Gasteiger partial charge is 0.365 e. The Balaban J connectivity index is 1.86. The molecular formula is C20H19F3N2S. The lowest BCUT2D eigenvalue weighted by molar-refractivity contribution is 0.0257. The van der Waals surface area contributed by atoms with Crippen LogP contribution in [0.4, 0.5) is 18.9 Å². The van der Waals surface area contributed by atoms with Crippen molar-refractivity contribution < 1.29 is 13.2 Å². The molecule has 4 rings (SSSR count). The van der Waals surface area contributed by atoms with Crippen molar-refractivity contribution in [1.82, 2.24) is 4.98 Å². The van der Waals surface area contributed by atoms with Crippen LogP contribution in [-0.4, -0.2) is 29.7 Å². The number of benzene rings is 2. The molecule has 1 aliphatic heterocycles. The Morgan fingerprint density at radius 2 is 2.00 bits per heavy atom. The number of rotatable bonds is 4. The molecule has 0 bridgehead atoms. The lowest BCUT2D eigenvalue weighted by Crippen LogP contribution is -2.25. The van der Waals surface area contributed by atoms with Crippen LogP contribution in [0.25, 0.3) is 22.2 Å². The summed E-state index contributed by atoms with van der Waals surface area (Å²) in [5, 5.41) is 0.508. The van der Waals surface area contributed by atoms with E-state index in [0.29, 0.717) is 27.8 Å². The summed E-state index contributed by atoms with van der Waals surface area (Å²) in [5.74, 6) is -2.16. The fraction of sp³-hybridized carbons (Fsp3) is 0.300. The standard InChI is InChI=1S/C20H19F3N2S/c1-2-26-13-7-8-17(25-10-9-20(22,23)12-25)15(11-13)19-18(21)14-5-3-4-6-16(14)24-19/h3-8,11,24H,2,9-10,12H2,1H3. The van der Waals surface area contributed by atoms with Crippen molar-refractivity contribution in [3.8, 4) is 11.3 Å². The van der Waals surface area contributed by atoms with E-state index in [-0.39, 0.29) is 25.3 Å². The number of H-pyrrole nitrogens is 1. The van der Waals surface area contributed by atoms with Gasteiger partial charge in [0.05, 0.1) is 12.2 Å². The van der Waals surface area contributed by atoms with Crippen LogP contribution >= 0.6 is 11.8 Å². The van der Waals surface area contributed by atoms with Crippen molar-refractivity contribution in [3.63, 3.8) is 0 Å². The number of aromatic amines is 1. The number of para-hydroxylation sites is 1. The second-order valence-corrected chi connectivity index (χ2v) is 7.84. The van der Waals surface area contributed by atoms with E-state index in [9.17, 15) is 8.78 Å². The number of alkyl halides is 2. The second-order valence-electron chi connectivity index (χ2n) is 6.50. The number of hydrogen-bond acceptors (Lipinski definition) is 2. The van der Waals surface area contributed by atoms with Gasteiger partial charge in [0.25, 0.3) is 5.92 Å². The van der Waals surface area contributed by atoms with Crippen molar-refractivity contribution in [3.05, 3.63) is 48.3 Å². The molecule has 0 amide bonds. The average Bonchev–Trinajstić information content (AvgIpc) is 3.15. The number of fused-ring (bicyclic) bond motifs is 1. The van der Waals surface area contributed by atoms with Crippen molar-refractivity contribution in [2.75, 3.05) is 23.7 Å². The van der Waals surface area contributed by atoms with E-state index < -0.39 is 5.92 Å². The van der Waals surface area contributed by atoms with Gasteiger partial charge in [-0.2, -0.15) is 0 Å². The third-order valence-corrected chi connectivity index (χ3v) is 5.58. The van der Waals surface area contributed by atoms with Crippen molar-refractivity contribution in [2.45, 2.75) is 24.2 Å². The summed E-state index contributed by atoms with van der Waals surface area (Å²) < 4.78 is 42.5. The molecule has 6 heteroatoms. The van der Waals surface area contributed by atoms with Crippen LogP contribution in [0.5, 0.6) is 0 Å². The SMILES string of the molecule is CCSc1ccc(N2CCC(F)(F)C2)c(-c2[nH]c3ccccc3c2F)c1. The van der Waals surface area contributed by atoms with Gasteiger partial charge >= 0.3 is 0 Å². The van der Waals surface area contributed by atoms with Crippen LogP contribution in [0.3, 0.4) is 0 Å². The van der Waals surface area contributed by atoms with Crippen LogP contribution in [0.1, 0.15) is 13.3 Å². The molecule has 0 aliphatic carbocycles. The Bertz CT molecular complexity index is 951. The van der Waals surface area contributed by atoms with E-state index in [1.54, 1.807) is 28.8 Å². The van der Waals surface area contributed by atoms with Gasteiger partial charge in [0, 0.05) is 40.0 Å². The van der Waals surface area contributed by atoms with E-state index >= 15 is 4.39 Å². The van der Waals surface area contributed by atoms with Crippen molar-refractivity contribution >= 4 is 28.4 Å². The first-order valence-corrected chi connectivity index (χ1v) is 9.63. The maximum Gasteiger partial charge on any atom is 0.266 e. The molecule has 0 radical (unpaired) electrons. The number of aromatic nitrogens is 1. The average molecular weight is 376 g/mol. The van der Waals surface area contributed by atoms with Gasteiger partial charge < -0.3 is 9.88 Å². The molecule has 0 saturated carbocycles. The first kappa shape index (κ1) is 17.3. The molecule has 2 heterocycles. The molecule has 1 aromatic heterocycles. The molecule has 1 fully saturated rings. The highest BCUT2D eigenvalue weighted by molar-refractivity contribution is 7.99. The number of nitrogens with zero attached hydrogens (tertiary/aromatic N) is 1. The Morgan fingerprint density at radius 1 is 1.19 bits per heavy atom. The van der Waals surface area contributed by atoms with E-state index in [4.69, 9.17) is 0 Å². The lowest BCUT2D eigenvalue weighted by atomic mass is 10.1. The zero-order valence-electron chi connectivity index (χ0n) is 14.4. The van der Waals surface area contributed by atoms with Gasteiger partial charge in [-0.25, -0.2) is 13.2 Å². The smallest absolute Gasteiger partial charge is 0.266 e. The fourth-order valence-electron chi connectivity index (χ4n) is 3.48. The fourth-order valence-corrected chi connectivity index (χ4v) is 4.18. The number of halogens is 3. The lowest BCUT2D eigenvalue weighted by Gasteiger charge is -2.22. The van der Waals surface area contributed by atoms with Crippen LogP contribution in [-0.2, 0) is 0 Å². The molecule has 1 aliphatic rings. The van der Waals surface area contributed by atoms with Gasteiger partial charge in [0.15, 0.2) is 5.82 Å². The number of anilines is 1. The summed E-state index contributed by atoms with van der Waals surface area (Å²) in [5.41, 5.74) is 2.34. The minimum Gasteiger partial charge on any atom is -0.365 e. The van der Waals surface area contributed by atoms with E-state index in [0.717, 1.165) is 10.6 Å². The summed E-state index contributed by atoms with van der Waals surface area (Å²) in [7, 11) is 0. The molecule has 136 valence electrons. The molecule has 26 heavy (non-hydrogen) atoms. The Hall–Kier alpha value is -2.08. The van der Waals surface area contributed by atoms with Crippen LogP contribution in [0.15, 0.2) is 47.4 Å². The zero-order chi connectivity index (χ0) is 18.3. The highest BCUT2D eigenvalue weighted by atomic mass is 32.2. The van der Waals surface area contributed by atoms with Gasteiger partial charge in [-0.15, -0.1) is 11.8 Å². The third-order valence-electron chi connectivity index (χ3n) is 4.70. The third kappa shape index (κ3) is 3.07. The van der Waals surface area contributed by atoms with Gasteiger partial charge in [0.2, 0.25) is 0 Å². The van der Waals surface area contributed by atoms with Gasteiger partial charge in [-0.05, 0) is 36.1 Å². The zero-order valence-corrected chi connectivity index (χ0v) is 15.2. The first-order valence-electron chi connectivity index (χ1n) is 8.65. The van der Waals surface area contributed by atoms with E-state index in [1.165, 1.54) is 0 Å². The summed E-state index contributed by atoms with van der Waals surface area (Å²) >= 11 is 1.64. The van der Waals surface area contributed by atoms with Crippen LogP contribution in [0, 0.1) is 5.82 Å². The Labute approximate surface area is 154 Å². The van der Waals surface area contributed by atoms with E-state index in [2.05, 4.69) is 4.98 Å². The highest BCUT2D eigenvalue weighted by Gasteiger charge is 2.39. The second kappa shape index (κ2) is 6.58.